The highest BCUT2D eigenvalue weighted by atomic mass is 16.7. The molecule has 0 aliphatic carbocycles. The van der Waals surface area contributed by atoms with Gasteiger partial charge in [-0.2, -0.15) is 0 Å². The minimum atomic E-state index is -0.513. The summed E-state index contributed by atoms with van der Waals surface area (Å²) in [5.41, 5.74) is 6.59. The Kier molecular flexibility index (Phi) is 8.47. The molecule has 5 rings (SSSR count). The molecule has 0 aromatic heterocycles. The number of esters is 2. The molecule has 1 atom stereocenters. The monoisotopic (exact) mass is 544 g/mol. The van der Waals surface area contributed by atoms with E-state index in [1.165, 1.54) is 14.2 Å². The number of hydrogen-bond donors (Lipinski definition) is 0. The van der Waals surface area contributed by atoms with Crippen LogP contribution in [-0.2, 0) is 14.3 Å². The number of carbonyl (C=O) groups excluding carboxylic acids is 2. The summed E-state index contributed by atoms with van der Waals surface area (Å²) in [6.07, 6.45) is 9.13. The van der Waals surface area contributed by atoms with Gasteiger partial charge in [-0.1, -0.05) is 91.0 Å². The molecular formula is C34H28N2O5. The molecule has 0 N–H and O–H groups in total. The van der Waals surface area contributed by atoms with Crippen LogP contribution in [0.3, 0.4) is 0 Å². The van der Waals surface area contributed by atoms with Crippen molar-refractivity contribution in [3.05, 3.63) is 136 Å². The normalized spacial score (nSPS) is 14.6. The van der Waals surface area contributed by atoms with E-state index in [1.54, 1.807) is 35.7 Å². The number of aliphatic imine (C=N–C) groups is 1. The zero-order valence-electron chi connectivity index (χ0n) is 22.6. The number of para-hydroxylation sites is 1. The van der Waals surface area contributed by atoms with Crippen molar-refractivity contribution in [2.75, 3.05) is 19.3 Å². The van der Waals surface area contributed by atoms with Crippen LogP contribution in [0.25, 0.3) is 24.3 Å². The second kappa shape index (κ2) is 12.7. The lowest BCUT2D eigenvalue weighted by Gasteiger charge is -2.19. The molecule has 1 unspecified atom stereocenters. The van der Waals surface area contributed by atoms with Crippen molar-refractivity contribution in [1.82, 2.24) is 0 Å². The van der Waals surface area contributed by atoms with Crippen molar-refractivity contribution in [2.45, 2.75) is 6.23 Å². The highest BCUT2D eigenvalue weighted by molar-refractivity contribution is 5.90. The lowest BCUT2D eigenvalue weighted by molar-refractivity contribution is 0.0592. The van der Waals surface area contributed by atoms with Crippen LogP contribution in [0.1, 0.15) is 54.8 Å². The zero-order chi connectivity index (χ0) is 28.6. The Hall–Kier alpha value is -5.27. The number of anilines is 1. The lowest BCUT2D eigenvalue weighted by Crippen LogP contribution is -2.18. The van der Waals surface area contributed by atoms with Crippen LogP contribution in [0.4, 0.5) is 5.69 Å². The number of methoxy groups -OCH3 is 2. The molecular weight excluding hydrogens is 516 g/mol. The molecule has 0 spiro atoms. The summed E-state index contributed by atoms with van der Waals surface area (Å²) in [7, 11) is 2.73. The van der Waals surface area contributed by atoms with Gasteiger partial charge in [0.2, 0.25) is 6.23 Å². The van der Waals surface area contributed by atoms with Gasteiger partial charge >= 0.3 is 11.9 Å². The Labute approximate surface area is 238 Å². The van der Waals surface area contributed by atoms with E-state index in [-0.39, 0.29) is 11.9 Å². The molecule has 1 heterocycles. The second-order valence-corrected chi connectivity index (χ2v) is 9.13. The van der Waals surface area contributed by atoms with E-state index in [9.17, 15) is 9.59 Å². The third-order valence-electron chi connectivity index (χ3n) is 6.53. The van der Waals surface area contributed by atoms with Crippen molar-refractivity contribution < 1.29 is 23.9 Å². The number of carbonyl (C=O) groups is 2. The Bertz CT molecular complexity index is 1500. The fraction of sp³-hybridized carbons (Fsp3) is 0.0882. The van der Waals surface area contributed by atoms with Crippen molar-refractivity contribution in [3.63, 3.8) is 0 Å². The van der Waals surface area contributed by atoms with Gasteiger partial charge in [0.05, 0.1) is 31.0 Å². The lowest BCUT2D eigenvalue weighted by atomic mass is 10.0. The van der Waals surface area contributed by atoms with Gasteiger partial charge in [0.1, 0.15) is 6.34 Å². The smallest absolute Gasteiger partial charge is 0.337 e. The van der Waals surface area contributed by atoms with Crippen LogP contribution in [0.5, 0.6) is 0 Å². The molecule has 0 fully saturated rings. The van der Waals surface area contributed by atoms with E-state index in [4.69, 9.17) is 14.3 Å². The summed E-state index contributed by atoms with van der Waals surface area (Å²) in [6.45, 7) is 0. The van der Waals surface area contributed by atoms with Crippen molar-refractivity contribution in [1.29, 1.82) is 0 Å². The maximum atomic E-state index is 11.7. The number of ether oxygens (including phenoxy) is 2. The molecule has 1 aliphatic rings. The number of nitrogens with zero attached hydrogens (tertiary/aromatic N) is 2. The molecule has 4 aromatic rings. The van der Waals surface area contributed by atoms with Crippen molar-refractivity contribution >= 4 is 48.3 Å². The predicted octanol–water partition coefficient (Wildman–Crippen LogP) is 7.08. The predicted molar refractivity (Wildman–Crippen MR) is 161 cm³/mol. The minimum absolute atomic E-state index is 0.363. The van der Waals surface area contributed by atoms with Gasteiger partial charge in [0.15, 0.2) is 0 Å². The van der Waals surface area contributed by atoms with Gasteiger partial charge in [-0.05, 0) is 47.0 Å². The molecule has 0 radical (unpaired) electrons. The van der Waals surface area contributed by atoms with E-state index >= 15 is 0 Å². The van der Waals surface area contributed by atoms with Crippen LogP contribution in [0.2, 0.25) is 0 Å². The maximum absolute atomic E-state index is 11.7. The second-order valence-electron chi connectivity index (χ2n) is 9.13. The molecule has 0 saturated carbocycles. The summed E-state index contributed by atoms with van der Waals surface area (Å²) >= 11 is 0. The first-order valence-electron chi connectivity index (χ1n) is 13.0. The third kappa shape index (κ3) is 6.49. The third-order valence-corrected chi connectivity index (χ3v) is 6.53. The quantitative estimate of drug-likeness (QED) is 0.174. The Morgan fingerprint density at radius 3 is 1.78 bits per heavy atom. The number of hydroxylamine groups is 1. The summed E-state index contributed by atoms with van der Waals surface area (Å²) in [4.78, 5) is 34.3. The highest BCUT2D eigenvalue weighted by Gasteiger charge is 2.24. The van der Waals surface area contributed by atoms with Gasteiger partial charge in [0.25, 0.3) is 0 Å². The molecule has 204 valence electrons. The number of rotatable bonds is 8. The van der Waals surface area contributed by atoms with E-state index in [1.807, 2.05) is 97.1 Å². The Balaban J connectivity index is 1.30. The Morgan fingerprint density at radius 2 is 1.20 bits per heavy atom. The van der Waals surface area contributed by atoms with Gasteiger partial charge in [-0.15, -0.1) is 0 Å². The fourth-order valence-corrected chi connectivity index (χ4v) is 4.32. The summed E-state index contributed by atoms with van der Waals surface area (Å²) in [6, 6.07) is 30.3. The molecule has 7 nitrogen and oxygen atoms in total. The largest absolute Gasteiger partial charge is 0.465 e. The number of hydrogen-bond acceptors (Lipinski definition) is 7. The molecule has 1 aliphatic heterocycles. The van der Waals surface area contributed by atoms with E-state index < -0.39 is 6.23 Å². The molecule has 4 aromatic carbocycles. The first-order chi connectivity index (χ1) is 20.1. The molecule has 41 heavy (non-hydrogen) atoms. The fourth-order valence-electron chi connectivity index (χ4n) is 4.32. The summed E-state index contributed by atoms with van der Waals surface area (Å²) in [5.74, 6) is -0.727. The first kappa shape index (κ1) is 27.3. The zero-order valence-corrected chi connectivity index (χ0v) is 22.6. The van der Waals surface area contributed by atoms with Crippen LogP contribution in [-0.4, -0.2) is 32.5 Å². The van der Waals surface area contributed by atoms with Crippen molar-refractivity contribution in [2.24, 2.45) is 4.99 Å². The topological polar surface area (TPSA) is 77.4 Å². The molecule has 0 saturated heterocycles. The minimum Gasteiger partial charge on any atom is -0.465 e. The van der Waals surface area contributed by atoms with E-state index in [0.717, 1.165) is 33.5 Å². The van der Waals surface area contributed by atoms with Gasteiger partial charge in [0, 0.05) is 11.1 Å². The van der Waals surface area contributed by atoms with Crippen LogP contribution in [0, 0.1) is 0 Å². The average molecular weight is 545 g/mol. The van der Waals surface area contributed by atoms with E-state index in [0.29, 0.717) is 11.1 Å². The number of benzene rings is 4. The standard InChI is InChI=1S/C34H28N2O5/c1-39-33(37)28-19-13-24(14-20-28)11-17-26-7-3-5-9-30(26)32-35-23-36(41-32)31-10-6-4-8-27(31)18-12-25-15-21-29(22-16-25)34(38)40-2/h3-23,32H,1-2H3. The average Bonchev–Trinajstić information content (AvgIpc) is 3.53. The van der Waals surface area contributed by atoms with E-state index in [2.05, 4.69) is 4.99 Å². The van der Waals surface area contributed by atoms with Crippen molar-refractivity contribution in [3.8, 4) is 0 Å². The van der Waals surface area contributed by atoms with Crippen LogP contribution >= 0.6 is 0 Å². The van der Waals surface area contributed by atoms with Crippen LogP contribution in [0.15, 0.2) is 102 Å². The summed E-state index contributed by atoms with van der Waals surface area (Å²) < 4.78 is 9.54. The summed E-state index contributed by atoms with van der Waals surface area (Å²) in [5, 5.41) is 1.68. The maximum Gasteiger partial charge on any atom is 0.337 e. The van der Waals surface area contributed by atoms with Gasteiger partial charge in [-0.25, -0.2) is 24.5 Å². The molecule has 0 bridgehead atoms. The van der Waals surface area contributed by atoms with Crippen LogP contribution < -0.4 is 5.06 Å². The van der Waals surface area contributed by atoms with Gasteiger partial charge < -0.3 is 9.47 Å². The first-order valence-corrected chi connectivity index (χ1v) is 13.0. The SMILES string of the molecule is COC(=O)c1ccc(C=Cc2ccccc2C2N=CN(c3ccccc3C=Cc3ccc(C(=O)OC)cc3)O2)cc1. The highest BCUT2D eigenvalue weighted by Crippen LogP contribution is 2.33. The van der Waals surface area contributed by atoms with Gasteiger partial charge in [-0.3, -0.25) is 0 Å². The molecule has 7 heteroatoms. The molecule has 0 amide bonds. The Morgan fingerprint density at radius 1 is 0.683 bits per heavy atom.